The molecule has 0 N–H and O–H groups in total. The van der Waals surface area contributed by atoms with Crippen molar-refractivity contribution in [3.05, 3.63) is 47.5 Å². The number of likely N-dealkylation sites (tertiary alicyclic amines) is 1. The molecule has 1 saturated heterocycles. The molecular formula is C26H31N3O4. The Morgan fingerprint density at radius 2 is 1.85 bits per heavy atom. The Hall–Kier alpha value is -2.93. The van der Waals surface area contributed by atoms with Crippen molar-refractivity contribution in [2.75, 3.05) is 33.4 Å². The van der Waals surface area contributed by atoms with Gasteiger partial charge >= 0.3 is 0 Å². The highest BCUT2D eigenvalue weighted by Gasteiger charge is 2.52. The third kappa shape index (κ3) is 3.32. The van der Waals surface area contributed by atoms with Gasteiger partial charge in [-0.25, -0.2) is 5.01 Å². The largest absolute Gasteiger partial charge is 0.493 e. The standard InChI is InChI=1S/C26H31N3O4/c1-17(2)28-11-9-26(10-12-28)29-21(19-5-4-6-23(30-3)25(19)33-26)16-20(27-29)18-7-8-22-24(15-18)32-14-13-31-22/h4-8,15,17,21H,9-14,16H2,1-3H3/t21-/m1/s1. The summed E-state index contributed by atoms with van der Waals surface area (Å²) < 4.78 is 24.1. The number of hydrogen-bond donors (Lipinski definition) is 0. The Labute approximate surface area is 194 Å². The van der Waals surface area contributed by atoms with E-state index in [1.54, 1.807) is 7.11 Å². The highest BCUT2D eigenvalue weighted by molar-refractivity contribution is 6.02. The Balaban J connectivity index is 1.40. The molecule has 2 aromatic rings. The third-order valence-electron chi connectivity index (χ3n) is 7.39. The molecule has 0 unspecified atom stereocenters. The highest BCUT2D eigenvalue weighted by atomic mass is 16.6. The minimum atomic E-state index is -0.465. The minimum Gasteiger partial charge on any atom is -0.493 e. The van der Waals surface area contributed by atoms with Crippen LogP contribution >= 0.6 is 0 Å². The lowest BCUT2D eigenvalue weighted by Crippen LogP contribution is -2.59. The van der Waals surface area contributed by atoms with E-state index in [1.807, 2.05) is 18.2 Å². The Kier molecular flexibility index (Phi) is 4.91. The number of ether oxygens (including phenoxy) is 4. The maximum Gasteiger partial charge on any atom is 0.200 e. The average molecular weight is 450 g/mol. The monoisotopic (exact) mass is 449 g/mol. The van der Waals surface area contributed by atoms with Crippen LogP contribution < -0.4 is 18.9 Å². The van der Waals surface area contributed by atoms with Crippen molar-refractivity contribution in [2.24, 2.45) is 5.10 Å². The molecule has 0 amide bonds. The average Bonchev–Trinajstić information content (AvgIpc) is 3.31. The first-order chi connectivity index (χ1) is 16.1. The summed E-state index contributed by atoms with van der Waals surface area (Å²) in [5.41, 5.74) is 2.81. The molecule has 1 atom stereocenters. The number of benzene rings is 2. The summed E-state index contributed by atoms with van der Waals surface area (Å²) >= 11 is 0. The van der Waals surface area contributed by atoms with Crippen molar-refractivity contribution in [1.82, 2.24) is 9.91 Å². The van der Waals surface area contributed by atoms with Crippen LogP contribution in [0, 0.1) is 0 Å². The zero-order valence-electron chi connectivity index (χ0n) is 19.5. The summed E-state index contributed by atoms with van der Waals surface area (Å²) in [6, 6.07) is 13.0. The van der Waals surface area contributed by atoms with E-state index in [-0.39, 0.29) is 6.04 Å². The molecule has 0 aromatic heterocycles. The third-order valence-corrected chi connectivity index (χ3v) is 7.39. The van der Waals surface area contributed by atoms with Crippen LogP contribution in [0.3, 0.4) is 0 Å². The first-order valence-electron chi connectivity index (χ1n) is 11.9. The van der Waals surface area contributed by atoms with Gasteiger partial charge < -0.3 is 23.8 Å². The van der Waals surface area contributed by atoms with Crippen molar-refractivity contribution in [3.63, 3.8) is 0 Å². The number of fused-ring (bicyclic) bond motifs is 5. The predicted molar refractivity (Wildman–Crippen MR) is 125 cm³/mol. The number of nitrogens with zero attached hydrogens (tertiary/aromatic N) is 3. The molecule has 1 spiro atoms. The van der Waals surface area contributed by atoms with Gasteiger partial charge in [0.1, 0.15) is 13.2 Å². The number of para-hydroxylation sites is 1. The fraction of sp³-hybridized carbons (Fsp3) is 0.500. The lowest BCUT2D eigenvalue weighted by molar-refractivity contribution is -0.153. The lowest BCUT2D eigenvalue weighted by Gasteiger charge is -2.51. The number of methoxy groups -OCH3 is 1. The molecule has 7 heteroatoms. The zero-order valence-corrected chi connectivity index (χ0v) is 19.5. The summed E-state index contributed by atoms with van der Waals surface area (Å²) in [4.78, 5) is 2.52. The Bertz CT molecular complexity index is 1090. The molecule has 0 radical (unpaired) electrons. The van der Waals surface area contributed by atoms with Crippen molar-refractivity contribution in [1.29, 1.82) is 0 Å². The summed E-state index contributed by atoms with van der Waals surface area (Å²) in [6.07, 6.45) is 2.62. The normalized spacial score (nSPS) is 23.1. The van der Waals surface area contributed by atoms with Crippen LogP contribution in [0.15, 0.2) is 41.5 Å². The summed E-state index contributed by atoms with van der Waals surface area (Å²) in [5, 5.41) is 7.45. The predicted octanol–water partition coefficient (Wildman–Crippen LogP) is 4.21. The van der Waals surface area contributed by atoms with Gasteiger partial charge in [-0.3, -0.25) is 0 Å². The maximum atomic E-state index is 6.82. The molecule has 1 fully saturated rings. The second-order valence-corrected chi connectivity index (χ2v) is 9.53. The van der Waals surface area contributed by atoms with E-state index in [0.29, 0.717) is 19.3 Å². The van der Waals surface area contributed by atoms with E-state index in [0.717, 1.165) is 72.2 Å². The number of piperidine rings is 1. The fourth-order valence-corrected chi connectivity index (χ4v) is 5.55. The second-order valence-electron chi connectivity index (χ2n) is 9.53. The van der Waals surface area contributed by atoms with Gasteiger partial charge in [-0.1, -0.05) is 12.1 Å². The summed E-state index contributed by atoms with van der Waals surface area (Å²) in [5.74, 6) is 3.27. The van der Waals surface area contributed by atoms with E-state index in [2.05, 4.69) is 42.0 Å². The van der Waals surface area contributed by atoms with Gasteiger partial charge in [0.2, 0.25) is 5.72 Å². The second kappa shape index (κ2) is 7.83. The van der Waals surface area contributed by atoms with Gasteiger partial charge in [0.25, 0.3) is 0 Å². The first kappa shape index (κ1) is 20.7. The van der Waals surface area contributed by atoms with E-state index < -0.39 is 5.72 Å². The minimum absolute atomic E-state index is 0.123. The molecule has 6 rings (SSSR count). The van der Waals surface area contributed by atoms with Gasteiger partial charge in [-0.2, -0.15) is 5.10 Å². The molecule has 4 aliphatic rings. The molecule has 0 saturated carbocycles. The highest BCUT2D eigenvalue weighted by Crippen LogP contribution is 2.53. The van der Waals surface area contributed by atoms with Crippen LogP contribution in [0.25, 0.3) is 0 Å². The van der Waals surface area contributed by atoms with Crippen LogP contribution in [0.4, 0.5) is 0 Å². The van der Waals surface area contributed by atoms with Crippen molar-refractivity contribution in [3.8, 4) is 23.0 Å². The molecule has 4 aliphatic heterocycles. The molecule has 0 bridgehead atoms. The molecule has 4 heterocycles. The molecule has 174 valence electrons. The van der Waals surface area contributed by atoms with Crippen molar-refractivity contribution < 1.29 is 18.9 Å². The van der Waals surface area contributed by atoms with Gasteiger partial charge in [-0.05, 0) is 38.1 Å². The van der Waals surface area contributed by atoms with Crippen LogP contribution in [0.5, 0.6) is 23.0 Å². The van der Waals surface area contributed by atoms with Gasteiger partial charge in [0, 0.05) is 49.5 Å². The van der Waals surface area contributed by atoms with E-state index in [9.17, 15) is 0 Å². The van der Waals surface area contributed by atoms with Gasteiger partial charge in [0.15, 0.2) is 23.0 Å². The summed E-state index contributed by atoms with van der Waals surface area (Å²) in [7, 11) is 1.71. The van der Waals surface area contributed by atoms with Gasteiger partial charge in [-0.15, -0.1) is 0 Å². The molecule has 7 nitrogen and oxygen atoms in total. The van der Waals surface area contributed by atoms with Crippen molar-refractivity contribution in [2.45, 2.75) is 50.9 Å². The number of rotatable bonds is 3. The quantitative estimate of drug-likeness (QED) is 0.700. The fourth-order valence-electron chi connectivity index (χ4n) is 5.55. The maximum absolute atomic E-state index is 6.82. The zero-order chi connectivity index (χ0) is 22.6. The van der Waals surface area contributed by atoms with Crippen LogP contribution in [0.1, 0.15) is 50.3 Å². The van der Waals surface area contributed by atoms with E-state index >= 15 is 0 Å². The van der Waals surface area contributed by atoms with Crippen LogP contribution in [-0.4, -0.2) is 60.8 Å². The first-order valence-corrected chi connectivity index (χ1v) is 11.9. The molecule has 0 aliphatic carbocycles. The van der Waals surface area contributed by atoms with E-state index in [1.165, 1.54) is 0 Å². The number of hydrogen-bond acceptors (Lipinski definition) is 7. The Morgan fingerprint density at radius 3 is 2.61 bits per heavy atom. The summed E-state index contributed by atoms with van der Waals surface area (Å²) in [6.45, 7) is 7.66. The number of hydrazone groups is 1. The van der Waals surface area contributed by atoms with Crippen LogP contribution in [0.2, 0.25) is 0 Å². The van der Waals surface area contributed by atoms with Crippen molar-refractivity contribution >= 4 is 5.71 Å². The topological polar surface area (TPSA) is 55.8 Å². The molecule has 2 aromatic carbocycles. The van der Waals surface area contributed by atoms with Gasteiger partial charge in [0.05, 0.1) is 18.9 Å². The van der Waals surface area contributed by atoms with Crippen LogP contribution in [-0.2, 0) is 0 Å². The lowest BCUT2D eigenvalue weighted by atomic mass is 9.90. The SMILES string of the molecule is COc1cccc2c1OC1(CCN(C(C)C)CC1)N1N=C(c3ccc4c(c3)OCCO4)C[C@H]21. The smallest absolute Gasteiger partial charge is 0.200 e. The molecule has 33 heavy (non-hydrogen) atoms. The van der Waals surface area contributed by atoms with E-state index in [4.69, 9.17) is 24.0 Å². The Morgan fingerprint density at radius 1 is 1.06 bits per heavy atom. The molecular weight excluding hydrogens is 418 g/mol.